The summed E-state index contributed by atoms with van der Waals surface area (Å²) in [5, 5.41) is 4.40. The second-order valence-corrected chi connectivity index (χ2v) is 14.4. The second-order valence-electron chi connectivity index (χ2n) is 14.4. The summed E-state index contributed by atoms with van der Waals surface area (Å²) in [6.07, 6.45) is 0. The molecule has 7 aromatic carbocycles. The largest absolute Gasteiger partial charge is 0.457 e. The van der Waals surface area contributed by atoms with Crippen molar-refractivity contribution in [1.82, 2.24) is 19.5 Å². The van der Waals surface area contributed by atoms with Gasteiger partial charge in [-0.1, -0.05) is 123 Å². The highest BCUT2D eigenvalue weighted by atomic mass is 16.5. The van der Waals surface area contributed by atoms with E-state index >= 15 is 0 Å². The van der Waals surface area contributed by atoms with E-state index in [9.17, 15) is 0 Å². The Morgan fingerprint density at radius 2 is 1.19 bits per heavy atom. The molecule has 0 saturated heterocycles. The van der Waals surface area contributed by atoms with Crippen LogP contribution in [0, 0.1) is 0 Å². The van der Waals surface area contributed by atoms with Crippen LogP contribution in [-0.2, 0) is 5.41 Å². The standard InChI is InChI=1S/C48H32N4O2/c1-48(2)37-21-10-12-23-40(37)53-41-27-25-33-32-18-9-11-22-38(32)52(43(33)42(41)48)31-24-26-39-36(28-31)34-19-13-20-35(44(34)54-39)47-50-45(29-14-5-3-6-15-29)49-46(51-47)30-16-7-4-8-17-30/h3-28H,1-2H3. The highest BCUT2D eigenvalue weighted by Crippen LogP contribution is 2.52. The Morgan fingerprint density at radius 1 is 0.519 bits per heavy atom. The van der Waals surface area contributed by atoms with Gasteiger partial charge >= 0.3 is 0 Å². The van der Waals surface area contributed by atoms with Crippen LogP contribution in [0.3, 0.4) is 0 Å². The zero-order chi connectivity index (χ0) is 36.0. The molecule has 1 aliphatic heterocycles. The summed E-state index contributed by atoms with van der Waals surface area (Å²) in [4.78, 5) is 14.9. The van der Waals surface area contributed by atoms with Gasteiger partial charge in [0.2, 0.25) is 0 Å². The lowest BCUT2D eigenvalue weighted by Gasteiger charge is -2.35. The number of para-hydroxylation sites is 3. The van der Waals surface area contributed by atoms with Crippen molar-refractivity contribution in [3.63, 3.8) is 0 Å². The van der Waals surface area contributed by atoms with Gasteiger partial charge in [0.25, 0.3) is 0 Å². The first-order chi connectivity index (χ1) is 26.5. The van der Waals surface area contributed by atoms with Crippen molar-refractivity contribution < 1.29 is 9.15 Å². The van der Waals surface area contributed by atoms with Gasteiger partial charge in [0.15, 0.2) is 17.5 Å². The Hall–Kier alpha value is -7.05. The van der Waals surface area contributed by atoms with E-state index in [-0.39, 0.29) is 5.41 Å². The number of fused-ring (bicyclic) bond motifs is 9. The Morgan fingerprint density at radius 3 is 1.96 bits per heavy atom. The molecule has 4 heterocycles. The van der Waals surface area contributed by atoms with E-state index in [0.29, 0.717) is 17.5 Å². The second kappa shape index (κ2) is 11.5. The van der Waals surface area contributed by atoms with E-state index in [1.807, 2.05) is 72.8 Å². The number of rotatable bonds is 4. The molecule has 54 heavy (non-hydrogen) atoms. The molecule has 0 amide bonds. The van der Waals surface area contributed by atoms with E-state index in [2.05, 4.69) is 103 Å². The lowest BCUT2D eigenvalue weighted by atomic mass is 9.75. The molecule has 3 aromatic heterocycles. The first kappa shape index (κ1) is 30.6. The van der Waals surface area contributed by atoms with Crippen LogP contribution in [0.4, 0.5) is 0 Å². The SMILES string of the molecule is CC1(C)c2ccccc2Oc2ccc3c4ccccc4n(-c4ccc5oc6c(-c7nc(-c8ccccc8)nc(-c8ccccc8)n7)cccc6c5c4)c3c21. The minimum absolute atomic E-state index is 0.307. The number of hydrogen-bond acceptors (Lipinski definition) is 5. The number of nitrogens with zero attached hydrogens (tertiary/aromatic N) is 4. The van der Waals surface area contributed by atoms with Crippen molar-refractivity contribution in [2.45, 2.75) is 19.3 Å². The summed E-state index contributed by atoms with van der Waals surface area (Å²) >= 11 is 0. The Labute approximate surface area is 311 Å². The fourth-order valence-electron chi connectivity index (χ4n) is 8.35. The van der Waals surface area contributed by atoms with Crippen molar-refractivity contribution in [2.24, 2.45) is 0 Å². The maximum absolute atomic E-state index is 6.71. The molecule has 0 radical (unpaired) electrons. The summed E-state index contributed by atoms with van der Waals surface area (Å²) in [5.41, 5.74) is 9.55. The van der Waals surface area contributed by atoms with Gasteiger partial charge in [0.05, 0.1) is 16.6 Å². The summed E-state index contributed by atoms with van der Waals surface area (Å²) in [7, 11) is 0. The highest BCUT2D eigenvalue weighted by molar-refractivity contribution is 6.13. The van der Waals surface area contributed by atoms with Crippen molar-refractivity contribution in [2.75, 3.05) is 0 Å². The molecule has 6 nitrogen and oxygen atoms in total. The number of aromatic nitrogens is 4. The van der Waals surface area contributed by atoms with Gasteiger partial charge in [-0.05, 0) is 48.5 Å². The minimum atomic E-state index is -0.307. The van der Waals surface area contributed by atoms with E-state index in [1.54, 1.807) is 0 Å². The molecule has 0 aliphatic carbocycles. The van der Waals surface area contributed by atoms with Crippen molar-refractivity contribution in [3.8, 4) is 51.3 Å². The lowest BCUT2D eigenvalue weighted by molar-refractivity contribution is 0.420. The molecular formula is C48H32N4O2. The monoisotopic (exact) mass is 696 g/mol. The van der Waals surface area contributed by atoms with Crippen molar-refractivity contribution in [3.05, 3.63) is 169 Å². The Bertz CT molecular complexity index is 3050. The van der Waals surface area contributed by atoms with Crippen LogP contribution >= 0.6 is 0 Å². The molecule has 6 heteroatoms. The van der Waals surface area contributed by atoms with Gasteiger partial charge < -0.3 is 13.7 Å². The smallest absolute Gasteiger partial charge is 0.167 e. The predicted molar refractivity (Wildman–Crippen MR) is 216 cm³/mol. The topological polar surface area (TPSA) is 66.0 Å². The van der Waals surface area contributed by atoms with Crippen LogP contribution in [0.2, 0.25) is 0 Å². The van der Waals surface area contributed by atoms with Crippen LogP contribution in [0.15, 0.2) is 162 Å². The van der Waals surface area contributed by atoms with Gasteiger partial charge in [-0.3, -0.25) is 0 Å². The summed E-state index contributed by atoms with van der Waals surface area (Å²) < 4.78 is 15.7. The number of hydrogen-bond donors (Lipinski definition) is 0. The molecule has 11 rings (SSSR count). The molecule has 256 valence electrons. The third-order valence-electron chi connectivity index (χ3n) is 10.9. The first-order valence-corrected chi connectivity index (χ1v) is 18.2. The Balaban J connectivity index is 1.14. The first-order valence-electron chi connectivity index (χ1n) is 18.2. The molecule has 0 bridgehead atoms. The number of furan rings is 1. The molecule has 0 saturated carbocycles. The van der Waals surface area contributed by atoms with E-state index in [0.717, 1.165) is 66.8 Å². The van der Waals surface area contributed by atoms with Gasteiger partial charge in [0, 0.05) is 54.9 Å². The van der Waals surface area contributed by atoms with Gasteiger partial charge in [-0.2, -0.15) is 0 Å². The highest BCUT2D eigenvalue weighted by Gasteiger charge is 2.37. The third kappa shape index (κ3) is 4.50. The normalized spacial score (nSPS) is 13.3. The molecule has 0 spiro atoms. The maximum Gasteiger partial charge on any atom is 0.167 e. The van der Waals surface area contributed by atoms with Gasteiger partial charge in [0.1, 0.15) is 22.7 Å². The zero-order valence-corrected chi connectivity index (χ0v) is 29.6. The average Bonchev–Trinajstić information content (AvgIpc) is 3.76. The number of ether oxygens (including phenoxy) is 1. The Kier molecular flexibility index (Phi) is 6.49. The fraction of sp³-hybridized carbons (Fsp3) is 0.0625. The van der Waals surface area contributed by atoms with Crippen molar-refractivity contribution in [1.29, 1.82) is 0 Å². The number of benzene rings is 7. The van der Waals surface area contributed by atoms with Crippen LogP contribution in [-0.4, -0.2) is 19.5 Å². The zero-order valence-electron chi connectivity index (χ0n) is 29.6. The molecular weight excluding hydrogens is 665 g/mol. The molecule has 10 aromatic rings. The third-order valence-corrected chi connectivity index (χ3v) is 10.9. The quantitative estimate of drug-likeness (QED) is 0.183. The molecule has 0 unspecified atom stereocenters. The summed E-state index contributed by atoms with van der Waals surface area (Å²) in [6, 6.07) is 54.1. The van der Waals surface area contributed by atoms with Crippen LogP contribution in [0.1, 0.15) is 25.0 Å². The fourth-order valence-corrected chi connectivity index (χ4v) is 8.35. The van der Waals surface area contributed by atoms with Gasteiger partial charge in [-0.15, -0.1) is 0 Å². The molecule has 0 fully saturated rings. The summed E-state index contributed by atoms with van der Waals surface area (Å²) in [6.45, 7) is 4.60. The predicted octanol–water partition coefficient (Wildman–Crippen LogP) is 12.3. The molecule has 0 atom stereocenters. The van der Waals surface area contributed by atoms with Crippen LogP contribution < -0.4 is 4.74 Å². The van der Waals surface area contributed by atoms with E-state index in [1.165, 1.54) is 21.9 Å². The van der Waals surface area contributed by atoms with Gasteiger partial charge in [-0.25, -0.2) is 15.0 Å². The molecule has 0 N–H and O–H groups in total. The van der Waals surface area contributed by atoms with E-state index < -0.39 is 0 Å². The molecule has 1 aliphatic rings. The lowest BCUT2D eigenvalue weighted by Crippen LogP contribution is -2.25. The van der Waals surface area contributed by atoms with E-state index in [4.69, 9.17) is 24.1 Å². The summed E-state index contributed by atoms with van der Waals surface area (Å²) in [5.74, 6) is 3.57. The van der Waals surface area contributed by atoms with Crippen molar-refractivity contribution >= 4 is 43.7 Å². The van der Waals surface area contributed by atoms with Crippen LogP contribution in [0.25, 0.3) is 83.6 Å². The van der Waals surface area contributed by atoms with Crippen LogP contribution in [0.5, 0.6) is 11.5 Å². The average molecular weight is 697 g/mol. The minimum Gasteiger partial charge on any atom is -0.457 e. The maximum atomic E-state index is 6.71.